The predicted molar refractivity (Wildman–Crippen MR) is 184 cm³/mol. The van der Waals surface area contributed by atoms with E-state index in [1.54, 1.807) is 0 Å². The standard InChI is InChI=1S/2C17H25OSi.CH5Si.2ClH.Zr/c2*1-6-11-17(2,3)19(4,5)18-16-12-14-9-7-8-10-15(14)13-16;1-2;;;/h2*7-10,12-13H,6,11H2,1-5H3;2H2,1H3;2*1H;/q;;;;;+2/p-2. The second kappa shape index (κ2) is 15.0. The summed E-state index contributed by atoms with van der Waals surface area (Å²) in [6.45, 7) is 26.6. The molecule has 237 valence electrons. The fourth-order valence-corrected chi connectivity index (χ4v) is 29.6. The van der Waals surface area contributed by atoms with E-state index in [4.69, 9.17) is 8.85 Å². The molecule has 2 nitrogen and oxygen atoms in total. The Hall–Kier alpha value is -0.366. The summed E-state index contributed by atoms with van der Waals surface area (Å²) in [6, 6.07) is 18.4. The van der Waals surface area contributed by atoms with E-state index in [1.807, 2.05) is 0 Å². The molecule has 0 aromatic heterocycles. The zero-order chi connectivity index (χ0) is 30.2. The summed E-state index contributed by atoms with van der Waals surface area (Å²) in [5.41, 5.74) is 5.86. The molecule has 0 saturated carbocycles. The van der Waals surface area contributed by atoms with Gasteiger partial charge in [-0.15, -0.1) is 0 Å². The van der Waals surface area contributed by atoms with Crippen LogP contribution in [0.25, 0.3) is 12.2 Å². The molecule has 0 radical (unpaired) electrons. The molecule has 0 spiro atoms. The first-order valence-electron chi connectivity index (χ1n) is 16.0. The average Bonchev–Trinajstić information content (AvgIpc) is 3.42. The van der Waals surface area contributed by atoms with Crippen molar-refractivity contribution in [3.63, 3.8) is 0 Å². The van der Waals surface area contributed by atoms with Crippen molar-refractivity contribution < 1.29 is 54.6 Å². The van der Waals surface area contributed by atoms with Gasteiger partial charge in [-0.3, -0.25) is 0 Å². The van der Waals surface area contributed by atoms with Crippen LogP contribution in [0, 0.1) is 0 Å². The summed E-state index contributed by atoms with van der Waals surface area (Å²) in [5, 5.41) is 0.452. The molecular weight excluding hydrogens is 699 g/mol. The van der Waals surface area contributed by atoms with Crippen molar-refractivity contribution in [2.24, 2.45) is 0 Å². The third-order valence-electron chi connectivity index (χ3n) is 10.7. The molecule has 2 aliphatic carbocycles. The Morgan fingerprint density at radius 1 is 0.674 bits per heavy atom. The summed E-state index contributed by atoms with van der Waals surface area (Å²) in [7, 11) is -4.03. The van der Waals surface area contributed by atoms with E-state index in [1.165, 1.54) is 59.5 Å². The van der Waals surface area contributed by atoms with Gasteiger partial charge in [-0.1, -0.05) is 0 Å². The van der Waals surface area contributed by atoms with Crippen LogP contribution in [0.5, 0.6) is 0 Å². The van der Waals surface area contributed by atoms with Gasteiger partial charge >= 0.3 is 265 Å². The van der Waals surface area contributed by atoms with E-state index in [2.05, 4.69) is 135 Å². The van der Waals surface area contributed by atoms with Gasteiger partial charge in [-0.25, -0.2) is 0 Å². The van der Waals surface area contributed by atoms with Crippen LogP contribution in [-0.2, 0) is 29.8 Å². The molecule has 4 rings (SSSR count). The molecule has 0 aliphatic heterocycles. The van der Waals surface area contributed by atoms with Crippen LogP contribution in [0.15, 0.2) is 60.0 Å². The maximum atomic E-state index is 7.38. The van der Waals surface area contributed by atoms with Crippen LogP contribution in [0.1, 0.15) is 96.7 Å². The largest absolute Gasteiger partial charge is 1.00 e. The summed E-state index contributed by atoms with van der Waals surface area (Å²) in [6.07, 6.45) is 9.73. The smallest absolute Gasteiger partial charge is 1.00 e. The van der Waals surface area contributed by atoms with Crippen molar-refractivity contribution in [1.82, 2.24) is 0 Å². The molecule has 2 aromatic carbocycles. The molecule has 0 fully saturated rings. The quantitative estimate of drug-likeness (QED) is 0.280. The minimum absolute atomic E-state index is 0. The zero-order valence-corrected chi connectivity index (χ0v) is 35.9. The summed E-state index contributed by atoms with van der Waals surface area (Å²) >= 11 is -2.23. The topological polar surface area (TPSA) is 18.5 Å². The first kappa shape index (κ1) is 38.8. The Labute approximate surface area is 287 Å². The number of halogens is 2. The molecule has 2 unspecified atom stereocenters. The Bertz CT molecular complexity index is 1210. The molecule has 2 atom stereocenters. The number of allylic oxidation sites excluding steroid dienone is 2. The Morgan fingerprint density at radius 3 is 1.35 bits per heavy atom. The van der Waals surface area contributed by atoms with E-state index >= 15 is 0 Å². The van der Waals surface area contributed by atoms with Gasteiger partial charge in [0.05, 0.1) is 0 Å². The number of hydrogen-bond donors (Lipinski definition) is 0. The third kappa shape index (κ3) is 7.79. The van der Waals surface area contributed by atoms with Crippen molar-refractivity contribution in [2.75, 3.05) is 0 Å². The van der Waals surface area contributed by atoms with Crippen LogP contribution >= 0.6 is 0 Å². The van der Waals surface area contributed by atoms with E-state index in [0.29, 0.717) is 7.25 Å². The number of benzene rings is 2. The molecule has 0 saturated heterocycles. The normalized spacial score (nSPS) is 18.3. The van der Waals surface area contributed by atoms with Gasteiger partial charge in [0.25, 0.3) is 0 Å². The number of hydrogen-bond acceptors (Lipinski definition) is 2. The van der Waals surface area contributed by atoms with Crippen LogP contribution in [0.3, 0.4) is 0 Å². The van der Waals surface area contributed by atoms with Crippen LogP contribution in [0.4, 0.5) is 0 Å². The zero-order valence-electron chi connectivity index (χ0n) is 28.5. The van der Waals surface area contributed by atoms with Gasteiger partial charge in [0.2, 0.25) is 0 Å². The fraction of sp³-hybridized carbons (Fsp3) is 0.543. The molecule has 2 aromatic rings. The van der Waals surface area contributed by atoms with Crippen LogP contribution in [0.2, 0.25) is 42.8 Å². The van der Waals surface area contributed by atoms with E-state index in [-0.39, 0.29) is 41.5 Å². The summed E-state index contributed by atoms with van der Waals surface area (Å²) in [5.74, 6) is 2.62. The van der Waals surface area contributed by atoms with Gasteiger partial charge in [-0.05, 0) is 0 Å². The number of rotatable bonds is 13. The first-order valence-corrected chi connectivity index (χ1v) is 32.0. The van der Waals surface area contributed by atoms with Crippen molar-refractivity contribution in [1.29, 1.82) is 0 Å². The predicted octanol–water partition coefficient (Wildman–Crippen LogP) is 4.54. The van der Waals surface area contributed by atoms with E-state index in [0.717, 1.165) is 0 Å². The van der Waals surface area contributed by atoms with E-state index < -0.39 is 37.5 Å². The summed E-state index contributed by atoms with van der Waals surface area (Å²) in [4.78, 5) is 0. The van der Waals surface area contributed by atoms with Crippen LogP contribution in [-0.4, -0.2) is 23.3 Å². The van der Waals surface area contributed by atoms with Gasteiger partial charge in [0, 0.05) is 0 Å². The number of fused-ring (bicyclic) bond motifs is 2. The SMILES string of the molecule is CCCC(C)(C)[Si](C)(C)OC1=Cc2ccccc2[CH]1[Zr+2]([SiH2]C)[CH]1C(O[Si](C)(C)C(C)(C)CCC)=Cc2ccccc21.[Cl-].[Cl-]. The molecule has 0 heterocycles. The van der Waals surface area contributed by atoms with Gasteiger partial charge in [0.1, 0.15) is 0 Å². The molecule has 43 heavy (non-hydrogen) atoms. The Kier molecular flexibility index (Phi) is 13.6. The minimum atomic E-state index is -2.23. The second-order valence-corrected chi connectivity index (χ2v) is 40.2. The second-order valence-electron chi connectivity index (χ2n) is 14.6. The van der Waals surface area contributed by atoms with Crippen molar-refractivity contribution >= 4 is 35.4 Å². The Balaban J connectivity index is 0.00000323. The van der Waals surface area contributed by atoms with Crippen LogP contribution < -0.4 is 24.8 Å². The van der Waals surface area contributed by atoms with Crippen molar-refractivity contribution in [3.8, 4) is 0 Å². The maximum absolute atomic E-state index is 7.38. The van der Waals surface area contributed by atoms with Crippen molar-refractivity contribution in [3.05, 3.63) is 82.3 Å². The molecule has 0 amide bonds. The first-order chi connectivity index (χ1) is 19.2. The van der Waals surface area contributed by atoms with Gasteiger partial charge in [-0.2, -0.15) is 0 Å². The average molecular weight is 754 g/mol. The summed E-state index contributed by atoms with van der Waals surface area (Å²) < 4.78 is 15.7. The van der Waals surface area contributed by atoms with Crippen molar-refractivity contribution in [2.45, 2.75) is 117 Å². The molecule has 8 heteroatoms. The third-order valence-corrected chi connectivity index (χ3v) is 37.4. The Morgan fingerprint density at radius 2 is 1.02 bits per heavy atom. The monoisotopic (exact) mass is 751 g/mol. The maximum Gasteiger partial charge on any atom is -1.00 e. The molecule has 0 N–H and O–H groups in total. The molecule has 0 bridgehead atoms. The minimum Gasteiger partial charge on any atom is -1.00 e. The fourth-order valence-electron chi connectivity index (χ4n) is 6.82. The van der Waals surface area contributed by atoms with Gasteiger partial charge < -0.3 is 24.8 Å². The van der Waals surface area contributed by atoms with E-state index in [9.17, 15) is 0 Å². The molecular formula is C35H55Cl2O2Si3Zr. The molecule has 2 aliphatic rings. The van der Waals surface area contributed by atoms with Gasteiger partial charge in [0.15, 0.2) is 0 Å².